The number of benzene rings is 1. The third-order valence-corrected chi connectivity index (χ3v) is 4.05. The van der Waals surface area contributed by atoms with Crippen molar-refractivity contribution in [1.82, 2.24) is 0 Å². The van der Waals surface area contributed by atoms with Crippen LogP contribution in [-0.2, 0) is 15.5 Å². The quantitative estimate of drug-likeness (QED) is 0.807. The third kappa shape index (κ3) is 3.28. The SMILES string of the molecule is COCCC(C)S(=O)c1ccc(F)cc1N. The Morgan fingerprint density at radius 1 is 1.56 bits per heavy atom. The Labute approximate surface area is 97.2 Å². The molecule has 0 amide bonds. The van der Waals surface area contributed by atoms with Crippen LogP contribution in [0.2, 0.25) is 0 Å². The summed E-state index contributed by atoms with van der Waals surface area (Å²) in [5.74, 6) is -0.414. The molecule has 0 saturated heterocycles. The van der Waals surface area contributed by atoms with Crippen LogP contribution in [0.5, 0.6) is 0 Å². The molecule has 0 fully saturated rings. The molecule has 0 spiro atoms. The number of nitrogens with two attached hydrogens (primary N) is 1. The molecule has 90 valence electrons. The second-order valence-corrected chi connectivity index (χ2v) is 5.41. The van der Waals surface area contributed by atoms with Crippen LogP contribution in [0.4, 0.5) is 10.1 Å². The minimum Gasteiger partial charge on any atom is -0.398 e. The fourth-order valence-corrected chi connectivity index (χ4v) is 2.55. The lowest BCUT2D eigenvalue weighted by atomic mass is 10.3. The van der Waals surface area contributed by atoms with Gasteiger partial charge in [0.15, 0.2) is 0 Å². The Bertz CT molecular complexity index is 384. The standard InChI is InChI=1S/C11H16FNO2S/c1-8(5-6-15-2)16(14)11-4-3-9(12)7-10(11)13/h3-4,7-8H,5-6,13H2,1-2H3. The molecule has 0 aliphatic heterocycles. The summed E-state index contributed by atoms with van der Waals surface area (Å²) in [6.45, 7) is 2.41. The van der Waals surface area contributed by atoms with Crippen molar-refractivity contribution in [1.29, 1.82) is 0 Å². The largest absolute Gasteiger partial charge is 0.398 e. The van der Waals surface area contributed by atoms with Gasteiger partial charge >= 0.3 is 0 Å². The van der Waals surface area contributed by atoms with E-state index in [1.807, 2.05) is 6.92 Å². The van der Waals surface area contributed by atoms with E-state index in [0.717, 1.165) is 0 Å². The Morgan fingerprint density at radius 2 is 2.25 bits per heavy atom. The van der Waals surface area contributed by atoms with Crippen LogP contribution < -0.4 is 5.73 Å². The summed E-state index contributed by atoms with van der Waals surface area (Å²) >= 11 is 0. The highest BCUT2D eigenvalue weighted by Gasteiger charge is 2.15. The topological polar surface area (TPSA) is 52.3 Å². The zero-order chi connectivity index (χ0) is 12.1. The van der Waals surface area contributed by atoms with E-state index in [1.54, 1.807) is 7.11 Å². The van der Waals surface area contributed by atoms with Crippen molar-refractivity contribution in [2.45, 2.75) is 23.5 Å². The number of halogens is 1. The molecule has 3 nitrogen and oxygen atoms in total. The number of rotatable bonds is 5. The van der Waals surface area contributed by atoms with Gasteiger partial charge in [-0.1, -0.05) is 6.92 Å². The van der Waals surface area contributed by atoms with Crippen LogP contribution in [0, 0.1) is 5.82 Å². The lowest BCUT2D eigenvalue weighted by Crippen LogP contribution is -2.14. The van der Waals surface area contributed by atoms with E-state index in [2.05, 4.69) is 0 Å². The van der Waals surface area contributed by atoms with Gasteiger partial charge in [0.2, 0.25) is 0 Å². The molecule has 5 heteroatoms. The van der Waals surface area contributed by atoms with E-state index in [0.29, 0.717) is 17.9 Å². The van der Waals surface area contributed by atoms with Crippen LogP contribution in [0.1, 0.15) is 13.3 Å². The summed E-state index contributed by atoms with van der Waals surface area (Å²) in [6.07, 6.45) is 0.680. The molecule has 1 rings (SSSR count). The highest BCUT2D eigenvalue weighted by molar-refractivity contribution is 7.85. The number of ether oxygens (including phenoxy) is 1. The number of nitrogen functional groups attached to an aromatic ring is 1. The van der Waals surface area contributed by atoms with Gasteiger partial charge in [0, 0.05) is 19.0 Å². The smallest absolute Gasteiger partial charge is 0.125 e. The van der Waals surface area contributed by atoms with E-state index < -0.39 is 16.6 Å². The first-order chi connectivity index (χ1) is 7.56. The highest BCUT2D eigenvalue weighted by atomic mass is 32.2. The Balaban J connectivity index is 2.79. The molecule has 0 heterocycles. The summed E-state index contributed by atoms with van der Waals surface area (Å²) in [4.78, 5) is 0.491. The number of anilines is 1. The molecular formula is C11H16FNO2S. The molecular weight excluding hydrogens is 229 g/mol. The lowest BCUT2D eigenvalue weighted by molar-refractivity contribution is 0.195. The molecule has 2 N–H and O–H groups in total. The molecule has 1 aromatic rings. The summed E-state index contributed by atoms with van der Waals surface area (Å²) < 4.78 is 29.8. The fraction of sp³-hybridized carbons (Fsp3) is 0.455. The van der Waals surface area contributed by atoms with Gasteiger partial charge in [0.25, 0.3) is 0 Å². The monoisotopic (exact) mass is 245 g/mol. The summed E-state index contributed by atoms with van der Waals surface area (Å²) in [7, 11) is 0.378. The lowest BCUT2D eigenvalue weighted by Gasteiger charge is -2.12. The van der Waals surface area contributed by atoms with Crippen LogP contribution >= 0.6 is 0 Å². The molecule has 0 aromatic heterocycles. The van der Waals surface area contributed by atoms with Gasteiger partial charge in [-0.15, -0.1) is 0 Å². The molecule has 2 unspecified atom stereocenters. The average Bonchev–Trinajstić information content (AvgIpc) is 2.25. The first kappa shape index (κ1) is 13.1. The van der Waals surface area contributed by atoms with Gasteiger partial charge in [-0.2, -0.15) is 0 Å². The molecule has 0 bridgehead atoms. The van der Waals surface area contributed by atoms with Crippen molar-refractivity contribution in [3.05, 3.63) is 24.0 Å². The van der Waals surface area contributed by atoms with Crippen LogP contribution in [-0.4, -0.2) is 23.2 Å². The first-order valence-corrected chi connectivity index (χ1v) is 6.22. The van der Waals surface area contributed by atoms with Crippen LogP contribution in [0.15, 0.2) is 23.1 Å². The average molecular weight is 245 g/mol. The minimum absolute atomic E-state index is 0.0623. The Morgan fingerprint density at radius 3 is 2.81 bits per heavy atom. The molecule has 0 saturated carbocycles. The van der Waals surface area contributed by atoms with E-state index in [9.17, 15) is 8.60 Å². The van der Waals surface area contributed by atoms with Gasteiger partial charge in [0.1, 0.15) is 5.82 Å². The number of hydrogen-bond donors (Lipinski definition) is 1. The maximum atomic E-state index is 12.8. The van der Waals surface area contributed by atoms with Crippen molar-refractivity contribution < 1.29 is 13.3 Å². The van der Waals surface area contributed by atoms with E-state index in [4.69, 9.17) is 10.5 Å². The Kier molecular flexibility index (Phi) is 4.89. The summed E-state index contributed by atoms with van der Waals surface area (Å²) in [5.41, 5.74) is 5.86. The van der Waals surface area contributed by atoms with Crippen molar-refractivity contribution in [3.8, 4) is 0 Å². The fourth-order valence-electron chi connectivity index (χ4n) is 1.31. The van der Waals surface area contributed by atoms with Gasteiger partial charge in [-0.25, -0.2) is 4.39 Å². The molecule has 0 aliphatic rings. The van der Waals surface area contributed by atoms with Crippen molar-refractivity contribution in [3.63, 3.8) is 0 Å². The maximum absolute atomic E-state index is 12.8. The molecule has 0 radical (unpaired) electrons. The summed E-state index contributed by atoms with van der Waals surface area (Å²) in [5, 5.41) is -0.0623. The second kappa shape index (κ2) is 5.96. The van der Waals surface area contributed by atoms with Gasteiger partial charge in [-0.3, -0.25) is 4.21 Å². The van der Waals surface area contributed by atoms with Crippen LogP contribution in [0.25, 0.3) is 0 Å². The van der Waals surface area contributed by atoms with Gasteiger partial charge in [-0.05, 0) is 24.6 Å². The highest BCUT2D eigenvalue weighted by Crippen LogP contribution is 2.21. The van der Waals surface area contributed by atoms with E-state index in [-0.39, 0.29) is 10.9 Å². The van der Waals surface area contributed by atoms with Gasteiger partial charge in [0.05, 0.1) is 21.4 Å². The number of hydrogen-bond acceptors (Lipinski definition) is 3. The summed E-state index contributed by atoms with van der Waals surface area (Å²) in [6, 6.07) is 3.94. The van der Waals surface area contributed by atoms with Crippen molar-refractivity contribution in [2.75, 3.05) is 19.5 Å². The van der Waals surface area contributed by atoms with E-state index >= 15 is 0 Å². The normalized spacial score (nSPS) is 14.7. The predicted octanol–water partition coefficient (Wildman–Crippen LogP) is 1.94. The van der Waals surface area contributed by atoms with Crippen molar-refractivity contribution >= 4 is 16.5 Å². The molecule has 2 atom stereocenters. The zero-order valence-electron chi connectivity index (χ0n) is 9.40. The maximum Gasteiger partial charge on any atom is 0.125 e. The van der Waals surface area contributed by atoms with Gasteiger partial charge < -0.3 is 10.5 Å². The molecule has 1 aromatic carbocycles. The van der Waals surface area contributed by atoms with Crippen LogP contribution in [0.3, 0.4) is 0 Å². The minimum atomic E-state index is -1.22. The zero-order valence-corrected chi connectivity index (χ0v) is 10.2. The van der Waals surface area contributed by atoms with Crippen molar-refractivity contribution in [2.24, 2.45) is 0 Å². The van der Waals surface area contributed by atoms with E-state index in [1.165, 1.54) is 18.2 Å². The Hall–Kier alpha value is -0.940. The second-order valence-electron chi connectivity index (χ2n) is 3.57. The predicted molar refractivity (Wildman–Crippen MR) is 63.2 cm³/mol. The number of methoxy groups -OCH3 is 1. The third-order valence-electron chi connectivity index (χ3n) is 2.28. The first-order valence-electron chi connectivity index (χ1n) is 5.00. The molecule has 0 aliphatic carbocycles. The molecule has 16 heavy (non-hydrogen) atoms.